The molecule has 0 bridgehead atoms. The van der Waals surface area contributed by atoms with Crippen molar-refractivity contribution in [2.24, 2.45) is 0 Å². The summed E-state index contributed by atoms with van der Waals surface area (Å²) in [6.45, 7) is 2.04. The van der Waals surface area contributed by atoms with Gasteiger partial charge in [0.05, 0.1) is 6.54 Å². The van der Waals surface area contributed by atoms with Gasteiger partial charge < -0.3 is 9.47 Å². The molecule has 0 saturated carbocycles. The number of hydrogen-bond donors (Lipinski definition) is 0. The number of carbonyl (C=O) groups excluding carboxylic acids is 1. The lowest BCUT2D eigenvalue weighted by molar-refractivity contribution is -0.133. The molecule has 0 unspecified atom stereocenters. The summed E-state index contributed by atoms with van der Waals surface area (Å²) in [4.78, 5) is 38.8. The SMILES string of the molecule is O=C(Cn1cccnc1=O)N1CCC[C@H](c2nccn2Cc2cccnc2)C1. The number of aromatic nitrogens is 5. The maximum Gasteiger partial charge on any atom is 0.347 e. The molecule has 1 fully saturated rings. The molecule has 1 aliphatic rings. The van der Waals surface area contributed by atoms with E-state index in [1.54, 1.807) is 18.5 Å². The van der Waals surface area contributed by atoms with Crippen LogP contribution in [0.1, 0.15) is 30.1 Å². The zero-order valence-electron chi connectivity index (χ0n) is 15.5. The van der Waals surface area contributed by atoms with Gasteiger partial charge in [-0.2, -0.15) is 0 Å². The normalized spacial score (nSPS) is 16.9. The lowest BCUT2D eigenvalue weighted by Crippen LogP contribution is -2.42. The lowest BCUT2D eigenvalue weighted by atomic mass is 9.97. The van der Waals surface area contributed by atoms with E-state index in [0.717, 1.165) is 24.2 Å². The van der Waals surface area contributed by atoms with Crippen molar-refractivity contribution in [1.82, 2.24) is 29.0 Å². The molecular formula is C20H22N6O2. The number of nitrogens with zero attached hydrogens (tertiary/aromatic N) is 6. The first-order chi connectivity index (χ1) is 13.7. The Morgan fingerprint density at radius 2 is 2.04 bits per heavy atom. The molecule has 28 heavy (non-hydrogen) atoms. The Morgan fingerprint density at radius 1 is 1.11 bits per heavy atom. The molecule has 3 aromatic rings. The zero-order valence-corrected chi connectivity index (χ0v) is 15.5. The Morgan fingerprint density at radius 3 is 2.86 bits per heavy atom. The minimum absolute atomic E-state index is 0.0174. The van der Waals surface area contributed by atoms with Gasteiger partial charge in [0.25, 0.3) is 0 Å². The molecule has 0 aliphatic carbocycles. The molecule has 4 heterocycles. The third-order valence-electron chi connectivity index (χ3n) is 5.05. The van der Waals surface area contributed by atoms with Crippen molar-refractivity contribution in [2.75, 3.05) is 13.1 Å². The summed E-state index contributed by atoms with van der Waals surface area (Å²) in [6.07, 6.45) is 12.3. The largest absolute Gasteiger partial charge is 0.347 e. The second kappa shape index (κ2) is 8.16. The van der Waals surface area contributed by atoms with Crippen molar-refractivity contribution in [3.8, 4) is 0 Å². The Bertz CT molecular complexity index is 997. The van der Waals surface area contributed by atoms with E-state index in [9.17, 15) is 9.59 Å². The van der Waals surface area contributed by atoms with Gasteiger partial charge in [-0.05, 0) is 30.5 Å². The first kappa shape index (κ1) is 18.1. The summed E-state index contributed by atoms with van der Waals surface area (Å²) in [6, 6.07) is 5.62. The van der Waals surface area contributed by atoms with Crippen LogP contribution in [0.4, 0.5) is 0 Å². The zero-order chi connectivity index (χ0) is 19.3. The van der Waals surface area contributed by atoms with Crippen LogP contribution in [0.2, 0.25) is 0 Å². The molecule has 1 amide bonds. The summed E-state index contributed by atoms with van der Waals surface area (Å²) < 4.78 is 3.47. The molecular weight excluding hydrogens is 356 g/mol. The van der Waals surface area contributed by atoms with E-state index in [4.69, 9.17) is 0 Å². The lowest BCUT2D eigenvalue weighted by Gasteiger charge is -2.33. The fourth-order valence-corrected chi connectivity index (χ4v) is 3.67. The van der Waals surface area contributed by atoms with E-state index in [0.29, 0.717) is 19.6 Å². The molecule has 8 nitrogen and oxygen atoms in total. The molecule has 0 aromatic carbocycles. The smallest absolute Gasteiger partial charge is 0.340 e. The highest BCUT2D eigenvalue weighted by Crippen LogP contribution is 2.26. The van der Waals surface area contributed by atoms with Gasteiger partial charge in [0, 0.05) is 56.2 Å². The quantitative estimate of drug-likeness (QED) is 0.668. The molecule has 1 aliphatic heterocycles. The number of pyridine rings is 1. The monoisotopic (exact) mass is 378 g/mol. The molecule has 0 spiro atoms. The van der Waals surface area contributed by atoms with Gasteiger partial charge in [-0.25, -0.2) is 14.8 Å². The average Bonchev–Trinajstić information content (AvgIpc) is 3.19. The van der Waals surface area contributed by atoms with Gasteiger partial charge >= 0.3 is 5.69 Å². The van der Waals surface area contributed by atoms with Gasteiger partial charge in [-0.15, -0.1) is 0 Å². The van der Waals surface area contributed by atoms with Crippen LogP contribution in [-0.2, 0) is 17.9 Å². The van der Waals surface area contributed by atoms with Crippen LogP contribution in [0.15, 0.2) is 60.2 Å². The molecule has 8 heteroatoms. The van der Waals surface area contributed by atoms with Crippen LogP contribution < -0.4 is 5.69 Å². The maximum absolute atomic E-state index is 12.7. The summed E-state index contributed by atoms with van der Waals surface area (Å²) >= 11 is 0. The second-order valence-corrected chi connectivity index (χ2v) is 6.98. The third-order valence-corrected chi connectivity index (χ3v) is 5.05. The van der Waals surface area contributed by atoms with Gasteiger partial charge in [-0.3, -0.25) is 14.3 Å². The van der Waals surface area contributed by atoms with E-state index in [2.05, 4.69) is 19.5 Å². The number of hydrogen-bond acceptors (Lipinski definition) is 5. The Balaban J connectivity index is 1.46. The van der Waals surface area contributed by atoms with E-state index in [-0.39, 0.29) is 18.4 Å². The highest BCUT2D eigenvalue weighted by atomic mass is 16.2. The minimum atomic E-state index is -0.406. The van der Waals surface area contributed by atoms with Crippen molar-refractivity contribution < 1.29 is 4.79 Å². The van der Waals surface area contributed by atoms with Crippen molar-refractivity contribution in [1.29, 1.82) is 0 Å². The number of rotatable bonds is 5. The Hall–Kier alpha value is -3.29. The van der Waals surface area contributed by atoms with E-state index in [1.165, 1.54) is 10.8 Å². The highest BCUT2D eigenvalue weighted by molar-refractivity contribution is 5.76. The number of amides is 1. The van der Waals surface area contributed by atoms with E-state index in [1.807, 2.05) is 35.6 Å². The predicted octanol–water partition coefficient (Wildman–Crippen LogP) is 1.29. The van der Waals surface area contributed by atoms with Crippen LogP contribution in [0.25, 0.3) is 0 Å². The van der Waals surface area contributed by atoms with Gasteiger partial charge in [-0.1, -0.05) is 6.07 Å². The van der Waals surface area contributed by atoms with E-state index < -0.39 is 5.69 Å². The average molecular weight is 378 g/mol. The summed E-state index contributed by atoms with van der Waals surface area (Å²) in [5, 5.41) is 0. The Labute approximate surface area is 162 Å². The van der Waals surface area contributed by atoms with Gasteiger partial charge in [0.1, 0.15) is 12.4 Å². The minimum Gasteiger partial charge on any atom is -0.340 e. The van der Waals surface area contributed by atoms with Crippen LogP contribution in [0.3, 0.4) is 0 Å². The van der Waals surface area contributed by atoms with Gasteiger partial charge in [0.15, 0.2) is 0 Å². The number of piperidine rings is 1. The number of imidazole rings is 1. The number of likely N-dealkylation sites (tertiary alicyclic amines) is 1. The second-order valence-electron chi connectivity index (χ2n) is 6.98. The molecule has 144 valence electrons. The molecule has 1 saturated heterocycles. The van der Waals surface area contributed by atoms with Crippen LogP contribution in [0.5, 0.6) is 0 Å². The summed E-state index contributed by atoms with van der Waals surface area (Å²) in [5.74, 6) is 1.10. The summed E-state index contributed by atoms with van der Waals surface area (Å²) in [5.41, 5.74) is 0.706. The van der Waals surface area contributed by atoms with Crippen LogP contribution in [0, 0.1) is 0 Å². The highest BCUT2D eigenvalue weighted by Gasteiger charge is 2.27. The molecule has 1 atom stereocenters. The summed E-state index contributed by atoms with van der Waals surface area (Å²) in [7, 11) is 0. The van der Waals surface area contributed by atoms with Crippen LogP contribution >= 0.6 is 0 Å². The van der Waals surface area contributed by atoms with Crippen molar-refractivity contribution in [2.45, 2.75) is 31.8 Å². The van der Waals surface area contributed by atoms with Gasteiger partial charge in [0.2, 0.25) is 5.91 Å². The first-order valence-corrected chi connectivity index (χ1v) is 9.40. The standard InChI is InChI=1S/C20H22N6O2/c27-18(15-26-10-3-7-23-20(26)28)24-9-2-5-17(14-24)19-22-8-11-25(19)13-16-4-1-6-21-12-16/h1,3-4,6-8,10-12,17H,2,5,9,13-15H2/t17-/m0/s1. The fraction of sp³-hybridized carbons (Fsp3) is 0.350. The molecule has 0 radical (unpaired) electrons. The Kier molecular flexibility index (Phi) is 5.27. The molecule has 0 N–H and O–H groups in total. The van der Waals surface area contributed by atoms with E-state index >= 15 is 0 Å². The third kappa shape index (κ3) is 4.00. The van der Waals surface area contributed by atoms with Crippen molar-refractivity contribution >= 4 is 5.91 Å². The maximum atomic E-state index is 12.7. The topological polar surface area (TPSA) is 85.9 Å². The van der Waals surface area contributed by atoms with Crippen molar-refractivity contribution in [3.63, 3.8) is 0 Å². The molecule has 4 rings (SSSR count). The van der Waals surface area contributed by atoms with Crippen molar-refractivity contribution in [3.05, 3.63) is 77.3 Å². The number of carbonyl (C=O) groups is 1. The fourth-order valence-electron chi connectivity index (χ4n) is 3.67. The molecule has 3 aromatic heterocycles. The first-order valence-electron chi connectivity index (χ1n) is 9.40. The van der Waals surface area contributed by atoms with Crippen LogP contribution in [-0.4, -0.2) is 48.0 Å². The predicted molar refractivity (Wildman–Crippen MR) is 103 cm³/mol.